The third-order valence-electron chi connectivity index (χ3n) is 8.17. The van der Waals surface area contributed by atoms with Crippen molar-refractivity contribution in [2.24, 2.45) is 7.05 Å². The van der Waals surface area contributed by atoms with Gasteiger partial charge in [-0.05, 0) is 62.4 Å². The zero-order valence-electron chi connectivity index (χ0n) is 21.5. The van der Waals surface area contributed by atoms with E-state index in [1.165, 1.54) is 22.4 Å². The van der Waals surface area contributed by atoms with Crippen LogP contribution >= 0.6 is 0 Å². The van der Waals surface area contributed by atoms with Crippen molar-refractivity contribution in [2.45, 2.75) is 42.5 Å². The van der Waals surface area contributed by atoms with Crippen LogP contribution in [0, 0.1) is 0 Å². The molecule has 2 fully saturated rings. The highest BCUT2D eigenvalue weighted by Crippen LogP contribution is 2.38. The molecule has 4 aromatic rings. The normalized spacial score (nSPS) is 22.0. The van der Waals surface area contributed by atoms with Gasteiger partial charge in [-0.2, -0.15) is 5.10 Å². The van der Waals surface area contributed by atoms with E-state index < -0.39 is 10.0 Å². The molecule has 6 rings (SSSR count). The van der Waals surface area contributed by atoms with Crippen LogP contribution in [0.1, 0.15) is 37.2 Å². The summed E-state index contributed by atoms with van der Waals surface area (Å²) in [6, 6.07) is 11.4. The summed E-state index contributed by atoms with van der Waals surface area (Å²) in [5, 5.41) is 5.18. The molecule has 4 heterocycles. The SMILES string of the molecule is CN1CCN([C@H]2CC[C@@H](c3cnc4c(c3)c(-c3cnn(C)c3)cn4S(=O)(=O)c3ccccc3)CC2)CC1. The molecule has 0 spiro atoms. The molecule has 1 aliphatic carbocycles. The van der Waals surface area contributed by atoms with Crippen molar-refractivity contribution in [1.82, 2.24) is 28.5 Å². The van der Waals surface area contributed by atoms with Crippen LogP contribution < -0.4 is 0 Å². The van der Waals surface area contributed by atoms with E-state index in [1.807, 2.05) is 25.5 Å². The lowest BCUT2D eigenvalue weighted by atomic mass is 9.81. The fourth-order valence-corrected chi connectivity index (χ4v) is 7.31. The summed E-state index contributed by atoms with van der Waals surface area (Å²) in [6.07, 6.45) is 12.0. The summed E-state index contributed by atoms with van der Waals surface area (Å²) in [5.41, 5.74) is 3.37. The molecule has 1 saturated carbocycles. The molecule has 1 aliphatic heterocycles. The molecule has 0 radical (unpaired) electrons. The molecule has 37 heavy (non-hydrogen) atoms. The molecular weight excluding hydrogens is 484 g/mol. The van der Waals surface area contributed by atoms with Crippen LogP contribution in [0.2, 0.25) is 0 Å². The fourth-order valence-electron chi connectivity index (χ4n) is 5.96. The summed E-state index contributed by atoms with van der Waals surface area (Å²) in [7, 11) is 0.282. The Labute approximate surface area is 218 Å². The molecule has 2 aliphatic rings. The highest BCUT2D eigenvalue weighted by Gasteiger charge is 2.29. The first-order chi connectivity index (χ1) is 17.9. The minimum absolute atomic E-state index is 0.248. The molecule has 1 saturated heterocycles. The summed E-state index contributed by atoms with van der Waals surface area (Å²) in [4.78, 5) is 10.1. The van der Waals surface area contributed by atoms with Gasteiger partial charge < -0.3 is 4.90 Å². The Kier molecular flexibility index (Phi) is 6.38. The van der Waals surface area contributed by atoms with E-state index >= 15 is 0 Å². The number of aryl methyl sites for hydroxylation is 1. The minimum Gasteiger partial charge on any atom is -0.304 e. The van der Waals surface area contributed by atoms with Crippen molar-refractivity contribution in [1.29, 1.82) is 0 Å². The van der Waals surface area contributed by atoms with Crippen LogP contribution in [0.15, 0.2) is 66.1 Å². The van der Waals surface area contributed by atoms with E-state index in [4.69, 9.17) is 4.98 Å². The largest absolute Gasteiger partial charge is 0.304 e. The fraction of sp³-hybridized carbons (Fsp3) is 0.429. The Balaban J connectivity index is 1.33. The van der Waals surface area contributed by atoms with E-state index in [0.29, 0.717) is 17.6 Å². The van der Waals surface area contributed by atoms with Gasteiger partial charge in [0.15, 0.2) is 5.65 Å². The van der Waals surface area contributed by atoms with Gasteiger partial charge in [-0.1, -0.05) is 18.2 Å². The van der Waals surface area contributed by atoms with E-state index in [-0.39, 0.29) is 4.90 Å². The first-order valence-corrected chi connectivity index (χ1v) is 14.6. The number of aromatic nitrogens is 4. The summed E-state index contributed by atoms with van der Waals surface area (Å²) >= 11 is 0. The molecule has 0 N–H and O–H groups in total. The van der Waals surface area contributed by atoms with Gasteiger partial charge in [0, 0.05) is 74.4 Å². The number of likely N-dealkylation sites (N-methyl/N-ethyl adjacent to an activating group) is 1. The third kappa shape index (κ3) is 4.60. The van der Waals surface area contributed by atoms with Gasteiger partial charge >= 0.3 is 0 Å². The van der Waals surface area contributed by atoms with Gasteiger partial charge in [-0.15, -0.1) is 0 Å². The highest BCUT2D eigenvalue weighted by molar-refractivity contribution is 7.90. The Bertz CT molecular complexity index is 1490. The van der Waals surface area contributed by atoms with Crippen molar-refractivity contribution in [3.05, 3.63) is 66.7 Å². The molecule has 0 atom stereocenters. The maximum atomic E-state index is 13.6. The monoisotopic (exact) mass is 518 g/mol. The first-order valence-electron chi connectivity index (χ1n) is 13.1. The van der Waals surface area contributed by atoms with Crippen molar-refractivity contribution in [3.8, 4) is 11.1 Å². The van der Waals surface area contributed by atoms with Crippen LogP contribution in [-0.4, -0.2) is 76.2 Å². The van der Waals surface area contributed by atoms with E-state index in [2.05, 4.69) is 28.0 Å². The summed E-state index contributed by atoms with van der Waals surface area (Å²) < 4.78 is 30.2. The predicted molar refractivity (Wildman–Crippen MR) is 145 cm³/mol. The van der Waals surface area contributed by atoms with Crippen molar-refractivity contribution in [3.63, 3.8) is 0 Å². The molecule has 8 nitrogen and oxygen atoms in total. The van der Waals surface area contributed by atoms with Crippen LogP contribution in [0.25, 0.3) is 22.2 Å². The number of rotatable bonds is 5. The minimum atomic E-state index is -3.79. The second kappa shape index (κ2) is 9.70. The van der Waals surface area contributed by atoms with Crippen LogP contribution in [0.3, 0.4) is 0 Å². The van der Waals surface area contributed by atoms with Gasteiger partial charge in [0.2, 0.25) is 0 Å². The summed E-state index contributed by atoms with van der Waals surface area (Å²) in [6.45, 7) is 4.63. The predicted octanol–water partition coefficient (Wildman–Crippen LogP) is 3.95. The third-order valence-corrected chi connectivity index (χ3v) is 9.84. The Morgan fingerprint density at radius 1 is 0.892 bits per heavy atom. The van der Waals surface area contributed by atoms with Gasteiger partial charge in [0.1, 0.15) is 0 Å². The first kappa shape index (κ1) is 24.3. The number of piperazine rings is 1. The van der Waals surface area contributed by atoms with Gasteiger partial charge in [-0.3, -0.25) is 9.58 Å². The molecular formula is C28H34N6O2S. The average Bonchev–Trinajstić information content (AvgIpc) is 3.53. The maximum absolute atomic E-state index is 13.6. The Morgan fingerprint density at radius 2 is 1.62 bits per heavy atom. The number of benzene rings is 1. The standard InChI is InChI=1S/C28H34N6O2S/c1-31-12-14-33(15-13-31)24-10-8-21(9-11-24)22-16-26-27(23-18-30-32(2)19-23)20-34(28(26)29-17-22)37(35,36)25-6-4-3-5-7-25/h3-7,16-21,24H,8-15H2,1-2H3/t21-,24+. The second-order valence-electron chi connectivity index (χ2n) is 10.5. The van der Waals surface area contributed by atoms with Crippen molar-refractivity contribution >= 4 is 21.1 Å². The molecule has 194 valence electrons. The van der Waals surface area contributed by atoms with Gasteiger partial charge in [0.25, 0.3) is 10.0 Å². The van der Waals surface area contributed by atoms with E-state index in [1.54, 1.807) is 41.3 Å². The number of nitrogens with zero attached hydrogens (tertiary/aromatic N) is 6. The number of fused-ring (bicyclic) bond motifs is 1. The van der Waals surface area contributed by atoms with Gasteiger partial charge in [0.05, 0.1) is 11.1 Å². The van der Waals surface area contributed by atoms with Crippen molar-refractivity contribution in [2.75, 3.05) is 33.2 Å². The topological polar surface area (TPSA) is 76.3 Å². The number of hydrogen-bond acceptors (Lipinski definition) is 6. The Hall–Kier alpha value is -3.01. The van der Waals surface area contributed by atoms with Gasteiger partial charge in [-0.25, -0.2) is 17.4 Å². The lowest BCUT2D eigenvalue weighted by Crippen LogP contribution is -2.49. The number of pyridine rings is 1. The van der Waals surface area contributed by atoms with Crippen LogP contribution in [0.5, 0.6) is 0 Å². The highest BCUT2D eigenvalue weighted by atomic mass is 32.2. The molecule has 3 aromatic heterocycles. The smallest absolute Gasteiger partial charge is 0.269 e. The quantitative estimate of drug-likeness (QED) is 0.398. The molecule has 0 unspecified atom stereocenters. The Morgan fingerprint density at radius 3 is 2.30 bits per heavy atom. The zero-order valence-corrected chi connectivity index (χ0v) is 22.3. The summed E-state index contributed by atoms with van der Waals surface area (Å²) in [5.74, 6) is 0.441. The lowest BCUT2D eigenvalue weighted by molar-refractivity contribution is 0.0878. The van der Waals surface area contributed by atoms with Crippen LogP contribution in [0.4, 0.5) is 0 Å². The van der Waals surface area contributed by atoms with E-state index in [9.17, 15) is 8.42 Å². The second-order valence-corrected chi connectivity index (χ2v) is 12.4. The zero-order chi connectivity index (χ0) is 25.6. The maximum Gasteiger partial charge on any atom is 0.269 e. The molecule has 9 heteroatoms. The molecule has 1 aromatic carbocycles. The average molecular weight is 519 g/mol. The van der Waals surface area contributed by atoms with E-state index in [0.717, 1.165) is 55.5 Å². The van der Waals surface area contributed by atoms with Crippen LogP contribution in [-0.2, 0) is 17.1 Å². The molecule has 0 bridgehead atoms. The van der Waals surface area contributed by atoms with Crippen molar-refractivity contribution < 1.29 is 8.42 Å². The lowest BCUT2D eigenvalue weighted by Gasteiger charge is -2.41. The molecule has 0 amide bonds. The number of hydrogen-bond donors (Lipinski definition) is 0.